The third-order valence-corrected chi connectivity index (χ3v) is 4.99. The van der Waals surface area contributed by atoms with Crippen molar-refractivity contribution in [1.82, 2.24) is 19.5 Å². The number of Topliss-reactive ketones (excluding diaryl/α,β-unsaturated/α-hetero) is 1. The van der Waals surface area contributed by atoms with Crippen LogP contribution in [0.25, 0.3) is 11.2 Å². The summed E-state index contributed by atoms with van der Waals surface area (Å²) >= 11 is 0. The molecule has 1 fully saturated rings. The Morgan fingerprint density at radius 1 is 1.21 bits per heavy atom. The Kier molecular flexibility index (Phi) is 7.91. The molecule has 1 aliphatic rings. The Hall–Kier alpha value is -2.10. The average Bonchev–Trinajstić information content (AvgIpc) is 3.07. The van der Waals surface area contributed by atoms with Gasteiger partial charge >= 0.3 is 0 Å². The van der Waals surface area contributed by atoms with Crippen molar-refractivity contribution in [2.45, 2.75) is 70.8 Å². The number of nitrogens with two attached hydrogens (primary N) is 1. The quantitative estimate of drug-likeness (QED) is 0.600. The van der Waals surface area contributed by atoms with Gasteiger partial charge in [-0.25, -0.2) is 15.0 Å². The molecule has 1 aliphatic heterocycles. The highest BCUT2D eigenvalue weighted by Gasteiger charge is 2.35. The van der Waals surface area contributed by atoms with Crippen molar-refractivity contribution in [3.8, 4) is 0 Å². The highest BCUT2D eigenvalue weighted by molar-refractivity contribution is 5.86. The highest BCUT2D eigenvalue weighted by Crippen LogP contribution is 2.28. The molecule has 3 heterocycles. The minimum atomic E-state index is -0.839. The third-order valence-electron chi connectivity index (χ3n) is 4.99. The van der Waals surface area contributed by atoms with E-state index in [1.807, 2.05) is 0 Å². The summed E-state index contributed by atoms with van der Waals surface area (Å²) < 4.78 is 19.6. The van der Waals surface area contributed by atoms with Gasteiger partial charge in [-0.15, -0.1) is 0 Å². The number of hydrogen-bond acceptors (Lipinski definition) is 8. The molecule has 2 aromatic rings. The molecule has 3 rings (SSSR count). The molecule has 3 atom stereocenters. The van der Waals surface area contributed by atoms with Gasteiger partial charge in [0.1, 0.15) is 11.8 Å². The lowest BCUT2D eigenvalue weighted by Gasteiger charge is -2.22. The normalized spacial score (nSPS) is 22.8. The highest BCUT2D eigenvalue weighted by atomic mass is 16.6. The van der Waals surface area contributed by atoms with Crippen molar-refractivity contribution < 1.29 is 19.0 Å². The molecule has 29 heavy (non-hydrogen) atoms. The Balaban J connectivity index is 1.79. The van der Waals surface area contributed by atoms with E-state index in [1.54, 1.807) is 4.57 Å². The summed E-state index contributed by atoms with van der Waals surface area (Å²) in [6.07, 6.45) is 6.58. The number of hydrogen-bond donors (Lipinski definition) is 1. The van der Waals surface area contributed by atoms with Crippen LogP contribution in [-0.2, 0) is 19.0 Å². The van der Waals surface area contributed by atoms with E-state index in [4.69, 9.17) is 19.9 Å². The van der Waals surface area contributed by atoms with Gasteiger partial charge in [0.2, 0.25) is 0 Å². The summed E-state index contributed by atoms with van der Waals surface area (Å²) in [5, 5.41) is 0. The number of carbonyl (C=O) groups is 1. The number of nitrogen functional groups attached to an aromatic ring is 1. The fourth-order valence-electron chi connectivity index (χ4n) is 3.37. The number of anilines is 1. The van der Waals surface area contributed by atoms with E-state index in [-0.39, 0.29) is 30.2 Å². The summed E-state index contributed by atoms with van der Waals surface area (Å²) in [5.41, 5.74) is 6.82. The molecule has 0 bridgehead atoms. The number of ether oxygens (including phenoxy) is 3. The van der Waals surface area contributed by atoms with Gasteiger partial charge in [-0.3, -0.25) is 9.36 Å². The Morgan fingerprint density at radius 3 is 2.79 bits per heavy atom. The lowest BCUT2D eigenvalue weighted by molar-refractivity contribution is -0.142. The van der Waals surface area contributed by atoms with Crippen LogP contribution >= 0.6 is 0 Å². The smallest absolute Gasteiger partial charge is 0.196 e. The first kappa shape index (κ1) is 21.6. The molecule has 9 nitrogen and oxygen atoms in total. The van der Waals surface area contributed by atoms with Gasteiger partial charge in [0, 0.05) is 26.1 Å². The predicted octanol–water partition coefficient (Wildman–Crippen LogP) is 2.66. The first-order valence-electron chi connectivity index (χ1n) is 10.4. The van der Waals surface area contributed by atoms with Crippen LogP contribution in [0.15, 0.2) is 12.7 Å². The van der Waals surface area contributed by atoms with Crippen LogP contribution in [0.5, 0.6) is 0 Å². The van der Waals surface area contributed by atoms with Crippen molar-refractivity contribution in [2.24, 2.45) is 0 Å². The van der Waals surface area contributed by atoms with Crippen molar-refractivity contribution in [3.63, 3.8) is 0 Å². The van der Waals surface area contributed by atoms with E-state index in [9.17, 15) is 4.79 Å². The van der Waals surface area contributed by atoms with E-state index < -0.39 is 6.23 Å². The molecule has 1 saturated heterocycles. The largest absolute Gasteiger partial charge is 0.382 e. The van der Waals surface area contributed by atoms with Crippen molar-refractivity contribution in [1.29, 1.82) is 0 Å². The van der Waals surface area contributed by atoms with Crippen molar-refractivity contribution in [2.75, 3.05) is 25.6 Å². The van der Waals surface area contributed by atoms with Crippen molar-refractivity contribution >= 4 is 22.8 Å². The second-order valence-corrected chi connectivity index (χ2v) is 7.37. The van der Waals surface area contributed by atoms with Crippen LogP contribution < -0.4 is 5.73 Å². The van der Waals surface area contributed by atoms with Gasteiger partial charge < -0.3 is 19.9 Å². The molecule has 160 valence electrons. The molecule has 0 saturated carbocycles. The van der Waals surface area contributed by atoms with Gasteiger partial charge in [0.25, 0.3) is 0 Å². The number of aromatic nitrogens is 4. The van der Waals surface area contributed by atoms with Crippen LogP contribution in [0, 0.1) is 0 Å². The first-order valence-corrected chi connectivity index (χ1v) is 10.4. The standard InChI is InChI=1S/C20H31N5O4/c1-3-5-7-27-11-15-9-14(28-8-6-4-2)10-16(26)20(29-15)25-13-24-17-18(21)22-12-23-19(17)25/h12-15,20H,3-11H2,1-2H3,(H2,21,22,23)/t14-,15-,20+/m0/s1. The molecule has 0 aromatic carbocycles. The zero-order valence-electron chi connectivity index (χ0n) is 17.2. The topological polar surface area (TPSA) is 114 Å². The molecule has 0 radical (unpaired) electrons. The number of imidazole rings is 1. The van der Waals surface area contributed by atoms with Gasteiger partial charge in [-0.1, -0.05) is 26.7 Å². The van der Waals surface area contributed by atoms with Crippen LogP contribution in [0.3, 0.4) is 0 Å². The summed E-state index contributed by atoms with van der Waals surface area (Å²) in [5.74, 6) is 0.203. The Bertz CT molecular complexity index is 796. The van der Waals surface area contributed by atoms with Crippen LogP contribution in [0.4, 0.5) is 5.82 Å². The molecule has 0 amide bonds. The van der Waals surface area contributed by atoms with E-state index in [0.717, 1.165) is 25.7 Å². The Morgan fingerprint density at radius 2 is 2.00 bits per heavy atom. The molecule has 2 N–H and O–H groups in total. The summed E-state index contributed by atoms with van der Waals surface area (Å²) in [4.78, 5) is 25.5. The number of carbonyl (C=O) groups excluding carboxylic acids is 1. The maximum atomic E-state index is 13.0. The lowest BCUT2D eigenvalue weighted by atomic mass is 10.1. The minimum Gasteiger partial charge on any atom is -0.382 e. The maximum absolute atomic E-state index is 13.0. The molecule has 0 unspecified atom stereocenters. The second kappa shape index (κ2) is 10.6. The number of rotatable bonds is 10. The zero-order valence-corrected chi connectivity index (χ0v) is 17.2. The minimum absolute atomic E-state index is 0.0703. The Labute approximate surface area is 171 Å². The third kappa shape index (κ3) is 5.49. The van der Waals surface area contributed by atoms with E-state index in [1.165, 1.54) is 12.7 Å². The van der Waals surface area contributed by atoms with E-state index in [0.29, 0.717) is 37.4 Å². The number of unbranched alkanes of at least 4 members (excludes halogenated alkanes) is 2. The maximum Gasteiger partial charge on any atom is 0.196 e. The summed E-state index contributed by atoms with van der Waals surface area (Å²) in [7, 11) is 0. The van der Waals surface area contributed by atoms with Gasteiger partial charge in [-0.05, 0) is 12.8 Å². The summed E-state index contributed by atoms with van der Waals surface area (Å²) in [6.45, 7) is 5.97. The molecule has 0 spiro atoms. The second-order valence-electron chi connectivity index (χ2n) is 7.37. The molecular weight excluding hydrogens is 374 g/mol. The predicted molar refractivity (Wildman–Crippen MR) is 108 cm³/mol. The first-order chi connectivity index (χ1) is 14.1. The van der Waals surface area contributed by atoms with Crippen molar-refractivity contribution in [3.05, 3.63) is 12.7 Å². The van der Waals surface area contributed by atoms with E-state index in [2.05, 4.69) is 28.8 Å². The molecule has 2 aromatic heterocycles. The zero-order chi connectivity index (χ0) is 20.6. The molecule has 9 heteroatoms. The van der Waals surface area contributed by atoms with Crippen LogP contribution in [0.2, 0.25) is 0 Å². The SMILES string of the molecule is CCCCOC[C@@H]1C[C@H](OCCCC)CC(=O)[C@H](n2cnc3c(N)ncnc32)O1. The fraction of sp³-hybridized carbons (Fsp3) is 0.700. The fourth-order valence-corrected chi connectivity index (χ4v) is 3.37. The van der Waals surface area contributed by atoms with E-state index >= 15 is 0 Å². The van der Waals surface area contributed by atoms with Gasteiger partial charge in [0.15, 0.2) is 23.5 Å². The lowest BCUT2D eigenvalue weighted by Crippen LogP contribution is -2.27. The molecular formula is C20H31N5O4. The van der Waals surface area contributed by atoms with Gasteiger partial charge in [-0.2, -0.15) is 0 Å². The number of fused-ring (bicyclic) bond motifs is 1. The van der Waals surface area contributed by atoms with Crippen LogP contribution in [-0.4, -0.2) is 57.3 Å². The molecule has 0 aliphatic carbocycles. The van der Waals surface area contributed by atoms with Crippen LogP contribution in [0.1, 0.15) is 58.6 Å². The van der Waals surface area contributed by atoms with Gasteiger partial charge in [0.05, 0.1) is 25.1 Å². The summed E-state index contributed by atoms with van der Waals surface area (Å²) in [6, 6.07) is 0. The number of nitrogens with zero attached hydrogens (tertiary/aromatic N) is 4. The number of ketones is 1. The average molecular weight is 405 g/mol. The monoisotopic (exact) mass is 405 g/mol.